The van der Waals surface area contributed by atoms with Crippen LogP contribution in [0.4, 0.5) is 8.78 Å². The first-order chi connectivity index (χ1) is 19.1. The number of aryl methyl sites for hydroxylation is 1. The summed E-state index contributed by atoms with van der Waals surface area (Å²) in [7, 11) is 0. The molecule has 0 spiro atoms. The van der Waals surface area contributed by atoms with Gasteiger partial charge in [-0.15, -0.1) is 0 Å². The molecule has 2 heterocycles. The molecule has 1 saturated heterocycles. The fourth-order valence-electron chi connectivity index (χ4n) is 5.32. The Balaban J connectivity index is 1.50. The number of aromatic nitrogens is 1. The van der Waals surface area contributed by atoms with Gasteiger partial charge in [0.25, 0.3) is 17.7 Å². The van der Waals surface area contributed by atoms with Crippen LogP contribution >= 0.6 is 11.6 Å². The maximum absolute atomic E-state index is 14.0. The van der Waals surface area contributed by atoms with Crippen LogP contribution < -0.4 is 11.1 Å². The van der Waals surface area contributed by atoms with Gasteiger partial charge in [-0.1, -0.05) is 35.0 Å². The number of nitrogens with two attached hydrogens (primary N) is 1. The van der Waals surface area contributed by atoms with Crippen molar-refractivity contribution in [2.45, 2.75) is 50.9 Å². The highest BCUT2D eigenvalue weighted by atomic mass is 35.5. The molecule has 2 aliphatic rings. The predicted molar refractivity (Wildman–Crippen MR) is 142 cm³/mol. The van der Waals surface area contributed by atoms with Crippen molar-refractivity contribution in [2.24, 2.45) is 5.73 Å². The van der Waals surface area contributed by atoms with E-state index in [4.69, 9.17) is 21.9 Å². The monoisotopic (exact) mass is 571 g/mol. The molecule has 1 saturated carbocycles. The van der Waals surface area contributed by atoms with E-state index >= 15 is 0 Å². The summed E-state index contributed by atoms with van der Waals surface area (Å²) >= 11 is 6.37. The number of benzene rings is 2. The van der Waals surface area contributed by atoms with Crippen molar-refractivity contribution < 1.29 is 27.7 Å². The largest absolute Gasteiger partial charge is 0.360 e. The lowest BCUT2D eigenvalue weighted by atomic mass is 9.92. The Morgan fingerprint density at radius 3 is 2.27 bits per heavy atom. The second kappa shape index (κ2) is 11.3. The molecule has 5 rings (SSSR count). The summed E-state index contributed by atoms with van der Waals surface area (Å²) in [6.07, 6.45) is 1.38. The van der Waals surface area contributed by atoms with Crippen molar-refractivity contribution in [3.05, 3.63) is 76.0 Å². The summed E-state index contributed by atoms with van der Waals surface area (Å²) in [5.41, 5.74) is 6.49. The molecule has 1 unspecified atom stereocenters. The van der Waals surface area contributed by atoms with Gasteiger partial charge in [0.2, 0.25) is 0 Å². The molecule has 3 N–H and O–H groups in total. The molecule has 0 bridgehead atoms. The minimum atomic E-state index is -1.38. The van der Waals surface area contributed by atoms with E-state index in [9.17, 15) is 23.2 Å². The minimum absolute atomic E-state index is 0.0113. The molecule has 1 aliphatic carbocycles. The normalized spacial score (nSPS) is 21.0. The first-order valence-electron chi connectivity index (χ1n) is 13.0. The van der Waals surface area contributed by atoms with Gasteiger partial charge in [-0.3, -0.25) is 14.4 Å². The van der Waals surface area contributed by atoms with Crippen LogP contribution in [0.3, 0.4) is 0 Å². The fourth-order valence-corrected chi connectivity index (χ4v) is 5.55. The molecule has 40 heavy (non-hydrogen) atoms. The quantitative estimate of drug-likeness (QED) is 0.479. The third-order valence-corrected chi connectivity index (χ3v) is 7.69. The van der Waals surface area contributed by atoms with Gasteiger partial charge in [0.05, 0.1) is 5.02 Å². The van der Waals surface area contributed by atoms with Crippen LogP contribution in [0.25, 0.3) is 11.3 Å². The number of hydrogen-bond donors (Lipinski definition) is 2. The van der Waals surface area contributed by atoms with Crippen LogP contribution in [0.15, 0.2) is 47.0 Å². The van der Waals surface area contributed by atoms with E-state index in [1.165, 1.54) is 4.90 Å². The van der Waals surface area contributed by atoms with Crippen molar-refractivity contribution in [1.82, 2.24) is 20.3 Å². The Labute approximate surface area is 234 Å². The number of rotatable bonds is 5. The van der Waals surface area contributed by atoms with E-state index in [2.05, 4.69) is 10.5 Å². The second-order valence-electron chi connectivity index (χ2n) is 10.1. The summed E-state index contributed by atoms with van der Waals surface area (Å²) in [6.45, 7) is 1.51. The standard InChI is InChI=1S/C28H28ClF2N5O4/c1-15-23(24(34-40-15)21-4-2-3-5-22(21)29)28(39)36-11-10-35(27(38)16-12-17(30)14-18(31)13-16)26(36)25(37)33-20-8-6-19(32)7-9-20/h2-5,12-14,19-20,26H,6-11,32H2,1H3,(H,33,37). The van der Waals surface area contributed by atoms with Crippen LogP contribution in [-0.4, -0.2) is 64.0 Å². The Morgan fingerprint density at radius 1 is 1.00 bits per heavy atom. The third-order valence-electron chi connectivity index (χ3n) is 7.36. The summed E-state index contributed by atoms with van der Waals surface area (Å²) < 4.78 is 33.3. The first kappa shape index (κ1) is 27.7. The molecule has 1 aliphatic heterocycles. The summed E-state index contributed by atoms with van der Waals surface area (Å²) in [6, 6.07) is 9.11. The van der Waals surface area contributed by atoms with E-state index in [0.29, 0.717) is 29.5 Å². The Morgan fingerprint density at radius 2 is 1.62 bits per heavy atom. The van der Waals surface area contributed by atoms with Gasteiger partial charge in [0, 0.05) is 42.4 Å². The molecule has 0 radical (unpaired) electrons. The number of nitrogens with zero attached hydrogens (tertiary/aromatic N) is 3. The summed E-state index contributed by atoms with van der Waals surface area (Å²) in [4.78, 5) is 43.6. The summed E-state index contributed by atoms with van der Waals surface area (Å²) in [5.74, 6) is -3.62. The van der Waals surface area contributed by atoms with Gasteiger partial charge < -0.3 is 25.4 Å². The van der Waals surface area contributed by atoms with Crippen LogP contribution in [-0.2, 0) is 4.79 Å². The first-order valence-corrected chi connectivity index (χ1v) is 13.4. The number of amides is 3. The Bertz CT molecular complexity index is 1440. The highest BCUT2D eigenvalue weighted by Gasteiger charge is 2.45. The summed E-state index contributed by atoms with van der Waals surface area (Å²) in [5, 5.41) is 7.35. The van der Waals surface area contributed by atoms with Crippen molar-refractivity contribution in [3.63, 3.8) is 0 Å². The molecule has 1 atom stereocenters. The second-order valence-corrected chi connectivity index (χ2v) is 10.5. The molecule has 3 aromatic rings. The van der Waals surface area contributed by atoms with E-state index in [1.807, 2.05) is 0 Å². The van der Waals surface area contributed by atoms with Crippen LogP contribution in [0.1, 0.15) is 52.2 Å². The fraction of sp³-hybridized carbons (Fsp3) is 0.357. The van der Waals surface area contributed by atoms with Crippen LogP contribution in [0, 0.1) is 18.6 Å². The predicted octanol–water partition coefficient (Wildman–Crippen LogP) is 3.89. The van der Waals surface area contributed by atoms with Gasteiger partial charge in [-0.25, -0.2) is 8.78 Å². The lowest BCUT2D eigenvalue weighted by Crippen LogP contribution is -2.56. The molecule has 2 fully saturated rings. The molecule has 3 amide bonds. The number of halogens is 3. The van der Waals surface area contributed by atoms with Crippen LogP contribution in [0.5, 0.6) is 0 Å². The van der Waals surface area contributed by atoms with E-state index < -0.39 is 35.5 Å². The lowest BCUT2D eigenvalue weighted by Gasteiger charge is -2.32. The van der Waals surface area contributed by atoms with Crippen LogP contribution in [0.2, 0.25) is 5.02 Å². The smallest absolute Gasteiger partial charge is 0.264 e. The zero-order valence-corrected chi connectivity index (χ0v) is 22.5. The van der Waals surface area contributed by atoms with Gasteiger partial charge in [-0.2, -0.15) is 0 Å². The highest BCUT2D eigenvalue weighted by Crippen LogP contribution is 2.33. The van der Waals surface area contributed by atoms with E-state index in [1.54, 1.807) is 31.2 Å². The molecule has 1 aromatic heterocycles. The topological polar surface area (TPSA) is 122 Å². The average molecular weight is 572 g/mol. The van der Waals surface area contributed by atoms with Gasteiger partial charge in [0.15, 0.2) is 6.17 Å². The molecule has 210 valence electrons. The lowest BCUT2D eigenvalue weighted by molar-refractivity contribution is -0.129. The molecule has 2 aromatic carbocycles. The maximum atomic E-state index is 14.0. The minimum Gasteiger partial charge on any atom is -0.360 e. The van der Waals surface area contributed by atoms with Crippen molar-refractivity contribution >= 4 is 29.3 Å². The number of carbonyl (C=O) groups excluding carboxylic acids is 3. The average Bonchev–Trinajstić information content (AvgIpc) is 3.53. The number of carbonyl (C=O) groups is 3. The molecular weight excluding hydrogens is 544 g/mol. The third kappa shape index (κ3) is 5.44. The van der Waals surface area contributed by atoms with Crippen molar-refractivity contribution in [2.75, 3.05) is 13.1 Å². The van der Waals surface area contributed by atoms with Crippen molar-refractivity contribution in [1.29, 1.82) is 0 Å². The Kier molecular flexibility index (Phi) is 7.86. The molecular formula is C28H28ClF2N5O4. The zero-order valence-electron chi connectivity index (χ0n) is 21.7. The number of nitrogens with one attached hydrogen (secondary N) is 1. The SMILES string of the molecule is Cc1onc(-c2ccccc2Cl)c1C(=O)N1CCN(C(=O)c2cc(F)cc(F)c2)C1C(=O)NC1CCC(N)CC1. The Hall–Kier alpha value is -3.83. The molecule has 12 heteroatoms. The van der Waals surface area contributed by atoms with Gasteiger partial charge in [0.1, 0.15) is 28.7 Å². The number of hydrogen-bond acceptors (Lipinski definition) is 6. The maximum Gasteiger partial charge on any atom is 0.264 e. The molecule has 9 nitrogen and oxygen atoms in total. The van der Waals surface area contributed by atoms with E-state index in [-0.39, 0.29) is 47.8 Å². The van der Waals surface area contributed by atoms with Gasteiger partial charge in [-0.05, 0) is 50.8 Å². The highest BCUT2D eigenvalue weighted by molar-refractivity contribution is 6.33. The van der Waals surface area contributed by atoms with Gasteiger partial charge >= 0.3 is 0 Å². The van der Waals surface area contributed by atoms with Crippen molar-refractivity contribution in [3.8, 4) is 11.3 Å². The van der Waals surface area contributed by atoms with E-state index in [0.717, 1.165) is 29.9 Å². The zero-order chi connectivity index (χ0) is 28.6.